The second-order valence-electron chi connectivity index (χ2n) is 9.57. The van der Waals surface area contributed by atoms with Crippen molar-refractivity contribution in [1.29, 1.82) is 0 Å². The summed E-state index contributed by atoms with van der Waals surface area (Å²) < 4.78 is 15.1. The number of hydrogen-bond donors (Lipinski definition) is 1. The van der Waals surface area contributed by atoms with Crippen LogP contribution in [0.25, 0.3) is 10.2 Å². The van der Waals surface area contributed by atoms with Crippen molar-refractivity contribution in [3.63, 3.8) is 0 Å². The number of nitrogens with one attached hydrogen (secondary N) is 1. The first-order valence-electron chi connectivity index (χ1n) is 11.1. The number of carbonyl (C=O) groups excluding carboxylic acids is 2. The highest BCUT2D eigenvalue weighted by molar-refractivity contribution is 7.20. The first-order valence-corrected chi connectivity index (χ1v) is 11.9. The second-order valence-corrected chi connectivity index (χ2v) is 10.6. The first-order chi connectivity index (χ1) is 15.6. The summed E-state index contributed by atoms with van der Waals surface area (Å²) in [5, 5.41) is 8.56. The minimum atomic E-state index is -0.264. The largest absolute Gasteiger partial charge is 0.350 e. The molecule has 0 saturated carbocycles. The van der Waals surface area contributed by atoms with Crippen molar-refractivity contribution >= 4 is 33.4 Å². The van der Waals surface area contributed by atoms with Crippen molar-refractivity contribution in [2.45, 2.75) is 39.8 Å². The lowest BCUT2D eigenvalue weighted by atomic mass is 10.1. The van der Waals surface area contributed by atoms with E-state index in [0.29, 0.717) is 44.1 Å². The molecule has 0 aliphatic carbocycles. The van der Waals surface area contributed by atoms with Crippen molar-refractivity contribution in [2.24, 2.45) is 0 Å². The van der Waals surface area contributed by atoms with Gasteiger partial charge in [-0.25, -0.2) is 4.39 Å². The summed E-state index contributed by atoms with van der Waals surface area (Å²) in [6, 6.07) is 8.31. The Kier molecular flexibility index (Phi) is 6.54. The van der Waals surface area contributed by atoms with E-state index in [1.807, 2.05) is 43.3 Å². The number of thiophene rings is 1. The molecule has 9 heteroatoms. The van der Waals surface area contributed by atoms with Gasteiger partial charge in [0.15, 0.2) is 0 Å². The minimum absolute atomic E-state index is 0.00738. The summed E-state index contributed by atoms with van der Waals surface area (Å²) >= 11 is 1.44. The third-order valence-corrected chi connectivity index (χ3v) is 6.74. The zero-order valence-electron chi connectivity index (χ0n) is 19.5. The molecule has 33 heavy (non-hydrogen) atoms. The van der Waals surface area contributed by atoms with Crippen LogP contribution in [0.4, 0.5) is 4.39 Å². The molecule has 0 atom stereocenters. The zero-order chi connectivity index (χ0) is 23.8. The zero-order valence-corrected chi connectivity index (χ0v) is 20.3. The van der Waals surface area contributed by atoms with Crippen LogP contribution >= 0.6 is 11.3 Å². The Hall–Kier alpha value is -2.78. The summed E-state index contributed by atoms with van der Waals surface area (Å²) in [5.74, 6) is -0.241. The van der Waals surface area contributed by atoms with Gasteiger partial charge in [0.05, 0.1) is 23.7 Å². The van der Waals surface area contributed by atoms with Crippen LogP contribution in [-0.4, -0.2) is 69.7 Å². The average Bonchev–Trinajstić information content (AvgIpc) is 3.30. The van der Waals surface area contributed by atoms with Gasteiger partial charge in [-0.05, 0) is 51.5 Å². The second kappa shape index (κ2) is 9.23. The van der Waals surface area contributed by atoms with Crippen LogP contribution in [0.2, 0.25) is 0 Å². The maximum atomic E-state index is 13.2. The number of aromatic nitrogens is 2. The molecule has 2 amide bonds. The van der Waals surface area contributed by atoms with Gasteiger partial charge in [-0.15, -0.1) is 11.3 Å². The normalized spacial score (nSPS) is 15.2. The molecule has 7 nitrogen and oxygen atoms in total. The third-order valence-electron chi connectivity index (χ3n) is 5.60. The molecule has 1 N–H and O–H groups in total. The average molecular weight is 472 g/mol. The number of piperazine rings is 1. The molecule has 3 aromatic rings. The highest BCUT2D eigenvalue weighted by Crippen LogP contribution is 2.30. The summed E-state index contributed by atoms with van der Waals surface area (Å²) in [6.07, 6.45) is 0. The Morgan fingerprint density at radius 1 is 1.12 bits per heavy atom. The van der Waals surface area contributed by atoms with E-state index in [-0.39, 0.29) is 23.2 Å². The number of carbonyl (C=O) groups is 2. The van der Waals surface area contributed by atoms with Gasteiger partial charge >= 0.3 is 0 Å². The lowest BCUT2D eigenvalue weighted by Gasteiger charge is -2.34. The predicted molar refractivity (Wildman–Crippen MR) is 128 cm³/mol. The maximum Gasteiger partial charge on any atom is 0.264 e. The fraction of sp³-hybridized carbons (Fsp3) is 0.458. The molecule has 1 saturated heterocycles. The first kappa shape index (κ1) is 23.4. The van der Waals surface area contributed by atoms with Gasteiger partial charge < -0.3 is 10.2 Å². The SMILES string of the molecule is Cc1nn(Cc2ccc(F)cc2)c2sc(C(=O)N3CCN(CC(=O)NC(C)(C)C)CC3)cc12. The molecule has 0 unspecified atom stereocenters. The number of benzene rings is 1. The molecule has 2 aromatic heterocycles. The van der Waals surface area contributed by atoms with E-state index in [9.17, 15) is 14.0 Å². The fourth-order valence-corrected chi connectivity index (χ4v) is 5.14. The molecule has 1 aromatic carbocycles. The standard InChI is InChI=1S/C24H30FN5O2S/c1-16-19-13-20(33-23(19)30(27-16)14-17-5-7-18(25)8-6-17)22(32)29-11-9-28(10-12-29)15-21(31)26-24(2,3)4/h5-8,13H,9-12,14-15H2,1-4H3,(H,26,31). The number of rotatable bonds is 5. The van der Waals surface area contributed by atoms with E-state index in [2.05, 4.69) is 15.3 Å². The minimum Gasteiger partial charge on any atom is -0.350 e. The predicted octanol–water partition coefficient (Wildman–Crippen LogP) is 3.27. The molecule has 1 aliphatic rings. The summed E-state index contributed by atoms with van der Waals surface area (Å²) in [5.41, 5.74) is 1.58. The van der Waals surface area contributed by atoms with Crippen LogP contribution < -0.4 is 5.32 Å². The number of nitrogens with zero attached hydrogens (tertiary/aromatic N) is 4. The molecule has 176 valence electrons. The molecule has 1 fully saturated rings. The Labute approximate surface area is 197 Å². The number of fused-ring (bicyclic) bond motifs is 1. The molecule has 4 rings (SSSR count). The van der Waals surface area contributed by atoms with E-state index >= 15 is 0 Å². The molecule has 0 bridgehead atoms. The lowest BCUT2D eigenvalue weighted by Crippen LogP contribution is -2.52. The van der Waals surface area contributed by atoms with Crippen LogP contribution in [0.3, 0.4) is 0 Å². The smallest absolute Gasteiger partial charge is 0.264 e. The van der Waals surface area contributed by atoms with Gasteiger partial charge in [0, 0.05) is 37.1 Å². The molecular weight excluding hydrogens is 441 g/mol. The third kappa shape index (κ3) is 5.59. The fourth-order valence-electron chi connectivity index (χ4n) is 4.01. The van der Waals surface area contributed by atoms with E-state index in [1.165, 1.54) is 23.5 Å². The van der Waals surface area contributed by atoms with E-state index in [0.717, 1.165) is 21.5 Å². The van der Waals surface area contributed by atoms with E-state index in [4.69, 9.17) is 0 Å². The van der Waals surface area contributed by atoms with Crippen LogP contribution in [0.5, 0.6) is 0 Å². The van der Waals surface area contributed by atoms with Crippen LogP contribution in [0.15, 0.2) is 30.3 Å². The Morgan fingerprint density at radius 3 is 2.42 bits per heavy atom. The Balaban J connectivity index is 1.41. The molecule has 1 aliphatic heterocycles. The van der Waals surface area contributed by atoms with Gasteiger partial charge in [0.25, 0.3) is 5.91 Å². The molecule has 0 radical (unpaired) electrons. The van der Waals surface area contributed by atoms with Crippen LogP contribution in [0, 0.1) is 12.7 Å². The Bertz CT molecular complexity index is 1150. The van der Waals surface area contributed by atoms with Crippen molar-refractivity contribution in [3.8, 4) is 0 Å². The van der Waals surface area contributed by atoms with Crippen molar-refractivity contribution in [1.82, 2.24) is 24.9 Å². The maximum absolute atomic E-state index is 13.2. The summed E-state index contributed by atoms with van der Waals surface area (Å²) in [7, 11) is 0. The van der Waals surface area contributed by atoms with Gasteiger partial charge in [-0.3, -0.25) is 19.2 Å². The van der Waals surface area contributed by atoms with Gasteiger partial charge in [-0.2, -0.15) is 5.10 Å². The number of amides is 2. The number of aryl methyl sites for hydroxylation is 1. The number of halogens is 1. The molecule has 0 spiro atoms. The molecular formula is C24H30FN5O2S. The van der Waals surface area contributed by atoms with Gasteiger partial charge in [0.1, 0.15) is 10.6 Å². The topological polar surface area (TPSA) is 70.5 Å². The highest BCUT2D eigenvalue weighted by atomic mass is 32.1. The van der Waals surface area contributed by atoms with Crippen molar-refractivity contribution in [2.75, 3.05) is 32.7 Å². The van der Waals surface area contributed by atoms with Crippen molar-refractivity contribution < 1.29 is 14.0 Å². The molecule has 3 heterocycles. The summed E-state index contributed by atoms with van der Waals surface area (Å²) in [4.78, 5) is 30.9. The monoisotopic (exact) mass is 471 g/mol. The van der Waals surface area contributed by atoms with E-state index < -0.39 is 0 Å². The Morgan fingerprint density at radius 2 is 1.79 bits per heavy atom. The van der Waals surface area contributed by atoms with E-state index in [1.54, 1.807) is 12.1 Å². The van der Waals surface area contributed by atoms with Crippen molar-refractivity contribution in [3.05, 3.63) is 52.3 Å². The quantitative estimate of drug-likeness (QED) is 0.620. The number of hydrogen-bond acceptors (Lipinski definition) is 5. The van der Waals surface area contributed by atoms with Crippen LogP contribution in [0.1, 0.15) is 41.7 Å². The summed E-state index contributed by atoms with van der Waals surface area (Å²) in [6.45, 7) is 11.2. The lowest BCUT2D eigenvalue weighted by molar-refractivity contribution is -0.124. The van der Waals surface area contributed by atoms with Gasteiger partial charge in [0.2, 0.25) is 5.91 Å². The van der Waals surface area contributed by atoms with Gasteiger partial charge in [-0.1, -0.05) is 12.1 Å². The van der Waals surface area contributed by atoms with Crippen LogP contribution in [-0.2, 0) is 11.3 Å². The highest BCUT2D eigenvalue weighted by Gasteiger charge is 2.26.